The molecule has 3 aromatic carbocycles. The van der Waals surface area contributed by atoms with Crippen molar-refractivity contribution >= 4 is 5.57 Å². The summed E-state index contributed by atoms with van der Waals surface area (Å²) in [6.45, 7) is 0. The Hall–Kier alpha value is -3.78. The van der Waals surface area contributed by atoms with Crippen molar-refractivity contribution in [3.05, 3.63) is 115 Å². The average Bonchev–Trinajstić information content (AvgIpc) is 2.85. The first-order valence-corrected chi connectivity index (χ1v) is 10.3. The highest BCUT2D eigenvalue weighted by Gasteiger charge is 2.08. The van der Waals surface area contributed by atoms with Crippen LogP contribution >= 0.6 is 0 Å². The Morgan fingerprint density at radius 1 is 0.600 bits per heavy atom. The minimum Gasteiger partial charge on any atom is -0.237 e. The molecule has 1 aliphatic rings. The van der Waals surface area contributed by atoms with E-state index < -0.39 is 0 Å². The first-order valence-electron chi connectivity index (χ1n) is 10.3. The van der Waals surface area contributed by atoms with Gasteiger partial charge >= 0.3 is 0 Å². The van der Waals surface area contributed by atoms with Gasteiger partial charge in [-0.25, -0.2) is 9.97 Å². The lowest BCUT2D eigenvalue weighted by Gasteiger charge is -2.09. The van der Waals surface area contributed by atoms with E-state index in [0.29, 0.717) is 0 Å². The number of aromatic nitrogens is 2. The van der Waals surface area contributed by atoms with Gasteiger partial charge in [0.25, 0.3) is 0 Å². The molecule has 144 valence electrons. The maximum absolute atomic E-state index is 4.85. The van der Waals surface area contributed by atoms with Crippen molar-refractivity contribution in [2.75, 3.05) is 0 Å². The Bertz CT molecular complexity index is 1220. The first kappa shape index (κ1) is 18.3. The molecule has 0 unspecified atom stereocenters. The summed E-state index contributed by atoms with van der Waals surface area (Å²) in [4.78, 5) is 9.37. The average molecular weight is 386 g/mol. The van der Waals surface area contributed by atoms with Gasteiger partial charge in [-0.1, -0.05) is 91.0 Å². The lowest BCUT2D eigenvalue weighted by molar-refractivity contribution is 1.04. The summed E-state index contributed by atoms with van der Waals surface area (Å²) in [5.41, 5.74) is 7.97. The number of hydrogen-bond acceptors (Lipinski definition) is 2. The quantitative estimate of drug-likeness (QED) is 0.370. The molecule has 0 amide bonds. The zero-order valence-corrected chi connectivity index (χ0v) is 16.7. The van der Waals surface area contributed by atoms with Gasteiger partial charge in [0.15, 0.2) is 5.82 Å². The van der Waals surface area contributed by atoms with Crippen LogP contribution in [0.4, 0.5) is 0 Å². The van der Waals surface area contributed by atoms with Crippen LogP contribution in [0.25, 0.3) is 39.3 Å². The number of nitrogens with zero attached hydrogens (tertiary/aromatic N) is 2. The van der Waals surface area contributed by atoms with Crippen LogP contribution in [-0.2, 0) is 0 Å². The first-order chi connectivity index (χ1) is 14.9. The summed E-state index contributed by atoms with van der Waals surface area (Å²) in [6, 6.07) is 29.4. The Morgan fingerprint density at radius 2 is 1.37 bits per heavy atom. The van der Waals surface area contributed by atoms with Gasteiger partial charge < -0.3 is 0 Å². The minimum atomic E-state index is 0.748. The van der Waals surface area contributed by atoms with Gasteiger partial charge in [0.2, 0.25) is 0 Å². The van der Waals surface area contributed by atoms with Crippen molar-refractivity contribution in [2.24, 2.45) is 0 Å². The van der Waals surface area contributed by atoms with Gasteiger partial charge in [-0.15, -0.1) is 0 Å². The molecule has 0 fully saturated rings. The van der Waals surface area contributed by atoms with Gasteiger partial charge in [0, 0.05) is 17.3 Å². The SMILES string of the molecule is C1=CC(c2ccc(-c3nccc(-c4cccc(-c5ccccc5)c4)n3)cc2)=CCC1. The van der Waals surface area contributed by atoms with Crippen LogP contribution in [0.1, 0.15) is 18.4 Å². The predicted molar refractivity (Wildman–Crippen MR) is 125 cm³/mol. The Morgan fingerprint density at radius 3 is 2.17 bits per heavy atom. The third kappa shape index (κ3) is 3.85. The van der Waals surface area contributed by atoms with Gasteiger partial charge in [-0.05, 0) is 47.2 Å². The van der Waals surface area contributed by atoms with Gasteiger partial charge in [0.1, 0.15) is 0 Å². The summed E-state index contributed by atoms with van der Waals surface area (Å²) in [5, 5.41) is 0. The fourth-order valence-corrected chi connectivity index (χ4v) is 3.79. The molecule has 30 heavy (non-hydrogen) atoms. The maximum Gasteiger partial charge on any atom is 0.159 e. The lowest BCUT2D eigenvalue weighted by Crippen LogP contribution is -1.93. The standard InChI is InChI=1S/C28H22N2/c1-3-8-21(9-4-1)23-14-16-24(17-15-23)28-29-19-18-27(30-28)26-13-7-12-25(20-26)22-10-5-2-6-11-22/h2-3,5-20H,1,4H2. The monoisotopic (exact) mass is 386 g/mol. The van der Waals surface area contributed by atoms with Gasteiger partial charge in [-0.2, -0.15) is 0 Å². The second-order valence-electron chi connectivity index (χ2n) is 7.43. The molecule has 5 rings (SSSR count). The highest BCUT2D eigenvalue weighted by Crippen LogP contribution is 2.27. The van der Waals surface area contributed by atoms with Crippen LogP contribution in [0, 0.1) is 0 Å². The Labute approximate surface area is 177 Å². The molecular formula is C28H22N2. The molecule has 1 aliphatic carbocycles. The van der Waals surface area contributed by atoms with Gasteiger partial charge in [0.05, 0.1) is 5.69 Å². The second-order valence-corrected chi connectivity index (χ2v) is 7.43. The van der Waals surface area contributed by atoms with Crippen molar-refractivity contribution in [3.63, 3.8) is 0 Å². The van der Waals surface area contributed by atoms with Crippen molar-refractivity contribution in [1.82, 2.24) is 9.97 Å². The second kappa shape index (κ2) is 8.30. The summed E-state index contributed by atoms with van der Waals surface area (Å²) < 4.78 is 0. The van der Waals surface area contributed by atoms with E-state index >= 15 is 0 Å². The Balaban J connectivity index is 1.45. The molecule has 0 atom stereocenters. The van der Waals surface area contributed by atoms with E-state index in [0.717, 1.165) is 35.5 Å². The fraction of sp³-hybridized carbons (Fsp3) is 0.0714. The zero-order chi connectivity index (χ0) is 20.2. The van der Waals surface area contributed by atoms with E-state index in [4.69, 9.17) is 4.98 Å². The summed E-state index contributed by atoms with van der Waals surface area (Å²) in [6.07, 6.45) is 10.8. The summed E-state index contributed by atoms with van der Waals surface area (Å²) in [7, 11) is 0. The maximum atomic E-state index is 4.85. The molecule has 2 nitrogen and oxygen atoms in total. The molecule has 0 radical (unpaired) electrons. The highest BCUT2D eigenvalue weighted by molar-refractivity contribution is 5.76. The summed E-state index contributed by atoms with van der Waals surface area (Å²) >= 11 is 0. The normalized spacial score (nSPS) is 13.1. The number of rotatable bonds is 4. The van der Waals surface area contributed by atoms with Crippen LogP contribution in [0.5, 0.6) is 0 Å². The third-order valence-corrected chi connectivity index (χ3v) is 5.39. The van der Waals surface area contributed by atoms with E-state index in [9.17, 15) is 0 Å². The van der Waals surface area contributed by atoms with Crippen LogP contribution in [0.3, 0.4) is 0 Å². The molecular weight excluding hydrogens is 364 g/mol. The van der Waals surface area contributed by atoms with Crippen molar-refractivity contribution < 1.29 is 0 Å². The minimum absolute atomic E-state index is 0.748. The molecule has 4 aromatic rings. The van der Waals surface area contributed by atoms with Crippen LogP contribution < -0.4 is 0 Å². The molecule has 1 heterocycles. The van der Waals surface area contributed by atoms with Crippen molar-refractivity contribution in [1.29, 1.82) is 0 Å². The van der Waals surface area contributed by atoms with Crippen LogP contribution in [0.2, 0.25) is 0 Å². The fourth-order valence-electron chi connectivity index (χ4n) is 3.79. The highest BCUT2D eigenvalue weighted by atomic mass is 14.9. The van der Waals surface area contributed by atoms with Crippen molar-refractivity contribution in [3.8, 4) is 33.8 Å². The predicted octanol–water partition coefficient (Wildman–Crippen LogP) is 7.21. The van der Waals surface area contributed by atoms with E-state index in [1.54, 1.807) is 0 Å². The molecule has 0 spiro atoms. The van der Waals surface area contributed by atoms with E-state index in [1.807, 2.05) is 18.3 Å². The molecule has 2 heteroatoms. The molecule has 0 N–H and O–H groups in total. The van der Waals surface area contributed by atoms with Crippen LogP contribution in [-0.4, -0.2) is 9.97 Å². The molecule has 0 bridgehead atoms. The number of hydrogen-bond donors (Lipinski definition) is 0. The van der Waals surface area contributed by atoms with Gasteiger partial charge in [-0.3, -0.25) is 0 Å². The van der Waals surface area contributed by atoms with E-state index in [-0.39, 0.29) is 0 Å². The topological polar surface area (TPSA) is 25.8 Å². The third-order valence-electron chi connectivity index (χ3n) is 5.39. The smallest absolute Gasteiger partial charge is 0.159 e. The largest absolute Gasteiger partial charge is 0.237 e. The van der Waals surface area contributed by atoms with E-state index in [2.05, 4.69) is 96.0 Å². The van der Waals surface area contributed by atoms with Crippen LogP contribution in [0.15, 0.2) is 109 Å². The molecule has 1 aromatic heterocycles. The number of allylic oxidation sites excluding steroid dienone is 4. The lowest BCUT2D eigenvalue weighted by atomic mass is 9.98. The zero-order valence-electron chi connectivity index (χ0n) is 16.7. The van der Waals surface area contributed by atoms with Crippen molar-refractivity contribution in [2.45, 2.75) is 12.8 Å². The molecule has 0 saturated heterocycles. The number of benzene rings is 3. The molecule has 0 aliphatic heterocycles. The molecule has 0 saturated carbocycles. The van der Waals surface area contributed by atoms with E-state index in [1.165, 1.54) is 22.3 Å². The summed E-state index contributed by atoms with van der Waals surface area (Å²) in [5.74, 6) is 0.748. The Kier molecular flexibility index (Phi) is 5.05.